The van der Waals surface area contributed by atoms with E-state index in [1.54, 1.807) is 7.05 Å². The number of piperidine rings is 2. The fourth-order valence-corrected chi connectivity index (χ4v) is 8.67. The molecule has 4 heterocycles. The topological polar surface area (TPSA) is 126 Å². The molecule has 54 heavy (non-hydrogen) atoms. The Balaban J connectivity index is 0.910. The van der Waals surface area contributed by atoms with Gasteiger partial charge >= 0.3 is 6.18 Å². The number of likely N-dealkylation sites (N-methyl/N-ethyl adjacent to an activating group) is 1. The van der Waals surface area contributed by atoms with Gasteiger partial charge in [-0.25, -0.2) is 18.5 Å². The Morgan fingerprint density at radius 1 is 0.907 bits per heavy atom. The van der Waals surface area contributed by atoms with Crippen molar-refractivity contribution in [2.24, 2.45) is 5.92 Å². The number of rotatable bonds is 14. The number of nitrogens with one attached hydrogen (secondary N) is 3. The Morgan fingerprint density at radius 3 is 2.20 bits per heavy atom. The largest absolute Gasteiger partial charge is 0.419 e. The molecule has 1 aromatic heterocycles. The summed E-state index contributed by atoms with van der Waals surface area (Å²) in [4.78, 5) is 38.8. The van der Waals surface area contributed by atoms with Crippen molar-refractivity contribution >= 4 is 46.2 Å². The number of halogens is 3. The first-order valence-electron chi connectivity index (χ1n) is 18.8. The molecule has 3 aliphatic rings. The van der Waals surface area contributed by atoms with Gasteiger partial charge in [0.2, 0.25) is 11.9 Å². The normalized spacial score (nSPS) is 19.3. The highest BCUT2D eigenvalue weighted by Crippen LogP contribution is 2.30. The maximum Gasteiger partial charge on any atom is 0.419 e. The van der Waals surface area contributed by atoms with E-state index in [0.717, 1.165) is 99.3 Å². The highest BCUT2D eigenvalue weighted by molar-refractivity contribution is 7.82. The van der Waals surface area contributed by atoms with Crippen LogP contribution in [0.1, 0.15) is 44.1 Å². The van der Waals surface area contributed by atoms with E-state index < -0.39 is 28.8 Å². The predicted molar refractivity (Wildman–Crippen MR) is 205 cm³/mol. The van der Waals surface area contributed by atoms with E-state index in [1.165, 1.54) is 0 Å². The molecule has 3 fully saturated rings. The lowest BCUT2D eigenvalue weighted by Crippen LogP contribution is -2.49. The molecule has 0 spiro atoms. The van der Waals surface area contributed by atoms with Crippen LogP contribution in [-0.2, 0) is 26.8 Å². The lowest BCUT2D eigenvalue weighted by atomic mass is 9.95. The van der Waals surface area contributed by atoms with Crippen molar-refractivity contribution in [2.45, 2.75) is 61.7 Å². The number of carbonyl (C=O) groups is 2. The van der Waals surface area contributed by atoms with E-state index in [0.29, 0.717) is 44.7 Å². The van der Waals surface area contributed by atoms with Gasteiger partial charge in [0.05, 0.1) is 10.5 Å². The molecule has 2 aromatic carbocycles. The van der Waals surface area contributed by atoms with Crippen LogP contribution in [0.5, 0.6) is 0 Å². The van der Waals surface area contributed by atoms with Gasteiger partial charge in [0, 0.05) is 108 Å². The second kappa shape index (κ2) is 18.4. The van der Waals surface area contributed by atoms with Crippen LogP contribution in [0.2, 0.25) is 0 Å². The second-order valence-corrected chi connectivity index (χ2v) is 15.7. The smallest absolute Gasteiger partial charge is 0.374 e. The average Bonchev–Trinajstić information content (AvgIpc) is 3.20. The van der Waals surface area contributed by atoms with Gasteiger partial charge in [0.25, 0.3) is 0 Å². The van der Waals surface area contributed by atoms with E-state index in [2.05, 4.69) is 58.8 Å². The molecular weight excluding hydrogens is 720 g/mol. The van der Waals surface area contributed by atoms with Crippen LogP contribution in [0.3, 0.4) is 0 Å². The van der Waals surface area contributed by atoms with Gasteiger partial charge in [-0.2, -0.15) is 13.2 Å². The Labute approximate surface area is 317 Å². The van der Waals surface area contributed by atoms with Crippen LogP contribution in [0.25, 0.3) is 0 Å². The fourth-order valence-electron chi connectivity index (χ4n) is 7.41. The Kier molecular flexibility index (Phi) is 13.4. The van der Waals surface area contributed by atoms with Gasteiger partial charge in [-0.3, -0.25) is 9.69 Å². The monoisotopic (exact) mass is 769 g/mol. The molecule has 6 rings (SSSR count). The van der Waals surface area contributed by atoms with Gasteiger partial charge in [-0.05, 0) is 80.5 Å². The first kappa shape index (κ1) is 39.4. The zero-order valence-corrected chi connectivity index (χ0v) is 31.5. The minimum absolute atomic E-state index is 0.00925. The Morgan fingerprint density at radius 2 is 1.57 bits per heavy atom. The summed E-state index contributed by atoms with van der Waals surface area (Å²) in [5, 5.41) is 9.03. The fraction of sp³-hybridized carbons (Fsp3) is 0.526. The molecule has 3 N–H and O–H groups in total. The molecule has 3 aromatic rings. The third-order valence-corrected chi connectivity index (χ3v) is 12.1. The number of benzene rings is 2. The van der Waals surface area contributed by atoms with Crippen molar-refractivity contribution < 1.29 is 27.0 Å². The third-order valence-electron chi connectivity index (χ3n) is 10.6. The summed E-state index contributed by atoms with van der Waals surface area (Å²) in [6.07, 6.45) is 2.27. The first-order chi connectivity index (χ1) is 26.1. The summed E-state index contributed by atoms with van der Waals surface area (Å²) < 4.78 is 54.0. The van der Waals surface area contributed by atoms with Gasteiger partial charge < -0.3 is 30.5 Å². The molecule has 16 heteroatoms. The SMILES string of the molecule is CNC(=O)C(CCC=O)Nc1ccc(N2CCN(CC3CCN(c4cccc(S(=O)N5CCC(Nc6ncc(C(F)(F)F)cn6)CC5)c4)CC3)CC2)cc1. The Bertz CT molecular complexity index is 1690. The number of piperazine rings is 1. The summed E-state index contributed by atoms with van der Waals surface area (Å²) >= 11 is 0. The standard InChI is InChI=1S/C38H50F3N9O3S/c1-42-36(52)35(6-3-23-51)45-30-7-9-32(10-8-30)49-21-19-47(20-22-49)27-28-11-15-48(16-12-28)33-4-2-5-34(24-33)54(53)50-17-13-31(14-18-50)46-37-43-25-29(26-44-37)38(39,40)41/h2,4-5,7-10,23-26,28,31,35,45H,3,6,11-22,27H2,1H3,(H,42,52)(H,43,44,46). The van der Waals surface area contributed by atoms with Crippen molar-refractivity contribution in [3.8, 4) is 0 Å². The van der Waals surface area contributed by atoms with E-state index in [4.69, 9.17) is 0 Å². The van der Waals surface area contributed by atoms with Gasteiger partial charge in [-0.15, -0.1) is 0 Å². The second-order valence-electron chi connectivity index (χ2n) is 14.2. The van der Waals surface area contributed by atoms with Gasteiger partial charge in [-0.1, -0.05) is 6.07 Å². The number of hydrogen-bond donors (Lipinski definition) is 3. The van der Waals surface area contributed by atoms with E-state index >= 15 is 0 Å². The number of alkyl halides is 3. The number of aldehydes is 1. The molecule has 0 bridgehead atoms. The lowest BCUT2D eigenvalue weighted by molar-refractivity contribution is -0.138. The van der Waals surface area contributed by atoms with E-state index in [9.17, 15) is 27.0 Å². The van der Waals surface area contributed by atoms with Gasteiger partial charge in [0.1, 0.15) is 23.3 Å². The molecule has 2 unspecified atom stereocenters. The summed E-state index contributed by atoms with van der Waals surface area (Å²) in [5.74, 6) is 0.662. The summed E-state index contributed by atoms with van der Waals surface area (Å²) in [7, 11) is 0.287. The molecular formula is C38H50F3N9O3S. The quantitative estimate of drug-likeness (QED) is 0.200. The maximum atomic E-state index is 13.6. The highest BCUT2D eigenvalue weighted by Gasteiger charge is 2.32. The lowest BCUT2D eigenvalue weighted by Gasteiger charge is -2.40. The molecule has 0 saturated carbocycles. The molecule has 0 radical (unpaired) electrons. The molecule has 2 atom stereocenters. The van der Waals surface area contributed by atoms with Crippen molar-refractivity contribution in [1.29, 1.82) is 0 Å². The molecule has 0 aliphatic carbocycles. The number of carbonyl (C=O) groups excluding carboxylic acids is 2. The number of hydrogen-bond acceptors (Lipinski definition) is 10. The van der Waals surface area contributed by atoms with Crippen molar-refractivity contribution in [3.05, 3.63) is 66.5 Å². The van der Waals surface area contributed by atoms with E-state index in [1.807, 2.05) is 34.6 Å². The number of nitrogens with zero attached hydrogens (tertiary/aromatic N) is 6. The zero-order valence-electron chi connectivity index (χ0n) is 30.6. The third kappa shape index (κ3) is 10.5. The van der Waals surface area contributed by atoms with Crippen molar-refractivity contribution in [3.63, 3.8) is 0 Å². The zero-order chi connectivity index (χ0) is 38.1. The maximum absolute atomic E-state index is 13.6. The Hall–Kier alpha value is -4.28. The summed E-state index contributed by atoms with van der Waals surface area (Å²) in [6.45, 7) is 8.11. The van der Waals surface area contributed by atoms with Crippen molar-refractivity contribution in [1.82, 2.24) is 24.5 Å². The molecule has 3 saturated heterocycles. The molecule has 1 amide bonds. The highest BCUT2D eigenvalue weighted by atomic mass is 32.2. The molecule has 292 valence electrons. The van der Waals surface area contributed by atoms with Crippen LogP contribution < -0.4 is 25.8 Å². The van der Waals surface area contributed by atoms with Crippen molar-refractivity contribution in [2.75, 3.05) is 86.4 Å². The summed E-state index contributed by atoms with van der Waals surface area (Å²) in [6, 6.07) is 15.7. The minimum atomic E-state index is -4.47. The average molecular weight is 770 g/mol. The first-order valence-corrected chi connectivity index (χ1v) is 19.9. The van der Waals surface area contributed by atoms with Crippen LogP contribution in [0, 0.1) is 5.92 Å². The van der Waals surface area contributed by atoms with Gasteiger partial charge in [0.15, 0.2) is 0 Å². The summed E-state index contributed by atoms with van der Waals surface area (Å²) in [5.41, 5.74) is 2.23. The van der Waals surface area contributed by atoms with Crippen LogP contribution in [0.4, 0.5) is 36.2 Å². The molecule has 3 aliphatic heterocycles. The number of aromatic nitrogens is 2. The predicted octanol–water partition coefficient (Wildman–Crippen LogP) is 4.64. The van der Waals surface area contributed by atoms with Crippen LogP contribution >= 0.6 is 0 Å². The van der Waals surface area contributed by atoms with Crippen LogP contribution in [-0.4, -0.2) is 114 Å². The number of anilines is 4. The van der Waals surface area contributed by atoms with Crippen LogP contribution in [0.15, 0.2) is 65.8 Å². The van der Waals surface area contributed by atoms with E-state index in [-0.39, 0.29) is 17.9 Å². The minimum Gasteiger partial charge on any atom is -0.374 e. The molecule has 12 nitrogen and oxygen atoms in total. The number of amides is 1.